The van der Waals surface area contributed by atoms with Crippen molar-refractivity contribution in [3.63, 3.8) is 0 Å². The third kappa shape index (κ3) is 3.17. The van der Waals surface area contributed by atoms with Crippen LogP contribution in [0, 0.1) is 0 Å². The Balaban J connectivity index is 2.14. The van der Waals surface area contributed by atoms with Gasteiger partial charge in [0.2, 0.25) is 0 Å². The van der Waals surface area contributed by atoms with E-state index in [0.717, 1.165) is 13.0 Å². The summed E-state index contributed by atoms with van der Waals surface area (Å²) in [5.74, 6) is 0.0125. The van der Waals surface area contributed by atoms with Crippen molar-refractivity contribution in [2.45, 2.75) is 26.4 Å². The normalized spacial score (nSPS) is 10.6. The van der Waals surface area contributed by atoms with Crippen molar-refractivity contribution >= 4 is 22.9 Å². The maximum Gasteiger partial charge on any atom is 0.270 e. The summed E-state index contributed by atoms with van der Waals surface area (Å²) in [6.07, 6.45) is 2.80. The Labute approximate surface area is 117 Å². The van der Waals surface area contributed by atoms with Crippen LogP contribution in [0.2, 0.25) is 0 Å². The molecule has 5 heteroatoms. The molecule has 2 rings (SSSR count). The fraction of sp³-hybridized carbons (Fsp3) is 0.357. The van der Waals surface area contributed by atoms with Crippen molar-refractivity contribution in [2.24, 2.45) is 0 Å². The highest BCUT2D eigenvalue weighted by Gasteiger charge is 2.17. The molecule has 4 nitrogen and oxygen atoms in total. The number of anilines is 1. The number of carbonyl (C=O) groups is 1. The first-order valence-electron chi connectivity index (χ1n) is 6.35. The smallest absolute Gasteiger partial charge is 0.270 e. The third-order valence-corrected chi connectivity index (χ3v) is 3.78. The second-order valence-electron chi connectivity index (χ2n) is 4.59. The molecule has 0 bridgehead atoms. The van der Waals surface area contributed by atoms with E-state index in [1.807, 2.05) is 35.3 Å². The number of thiophene rings is 1. The predicted molar refractivity (Wildman–Crippen MR) is 79.3 cm³/mol. The molecule has 0 spiro atoms. The van der Waals surface area contributed by atoms with Crippen molar-refractivity contribution in [1.29, 1.82) is 0 Å². The predicted octanol–water partition coefficient (Wildman–Crippen LogP) is 2.81. The van der Waals surface area contributed by atoms with Gasteiger partial charge in [-0.25, -0.2) is 0 Å². The van der Waals surface area contributed by atoms with Crippen LogP contribution < -0.4 is 5.73 Å². The van der Waals surface area contributed by atoms with Gasteiger partial charge in [0.15, 0.2) is 0 Å². The second-order valence-corrected chi connectivity index (χ2v) is 5.62. The van der Waals surface area contributed by atoms with Crippen LogP contribution >= 0.6 is 11.3 Å². The molecule has 0 aliphatic heterocycles. The Morgan fingerprint density at radius 1 is 1.53 bits per heavy atom. The number of carbonyl (C=O) groups excluding carboxylic acids is 1. The molecule has 102 valence electrons. The molecule has 0 aliphatic carbocycles. The highest BCUT2D eigenvalue weighted by atomic mass is 32.1. The lowest BCUT2D eigenvalue weighted by Gasteiger charge is -2.17. The van der Waals surface area contributed by atoms with E-state index < -0.39 is 0 Å². The zero-order chi connectivity index (χ0) is 13.8. The van der Waals surface area contributed by atoms with E-state index in [1.165, 1.54) is 4.88 Å². The average Bonchev–Trinajstić information content (AvgIpc) is 2.98. The van der Waals surface area contributed by atoms with Gasteiger partial charge in [-0.3, -0.25) is 4.79 Å². The number of nitrogens with zero attached hydrogens (tertiary/aromatic N) is 2. The molecule has 0 radical (unpaired) electrons. The van der Waals surface area contributed by atoms with Crippen LogP contribution in [0.1, 0.15) is 28.7 Å². The molecule has 0 unspecified atom stereocenters. The van der Waals surface area contributed by atoms with Crippen molar-refractivity contribution in [2.75, 3.05) is 12.8 Å². The van der Waals surface area contributed by atoms with Crippen LogP contribution in [0.5, 0.6) is 0 Å². The summed E-state index contributed by atoms with van der Waals surface area (Å²) < 4.78 is 1.93. The summed E-state index contributed by atoms with van der Waals surface area (Å²) in [7, 11) is 1.82. The molecule has 2 aromatic heterocycles. The summed E-state index contributed by atoms with van der Waals surface area (Å²) in [6.45, 7) is 3.53. The SMILES string of the molecule is CCCn1cc(N)cc1C(=O)N(C)Cc1cccs1. The number of nitrogens with two attached hydrogens (primary N) is 1. The molecule has 0 atom stereocenters. The molecule has 2 heterocycles. The number of hydrogen-bond acceptors (Lipinski definition) is 3. The quantitative estimate of drug-likeness (QED) is 0.913. The maximum absolute atomic E-state index is 12.4. The molecule has 0 fully saturated rings. The molecular weight excluding hydrogens is 258 g/mol. The minimum atomic E-state index is 0.0125. The van der Waals surface area contributed by atoms with Crippen LogP contribution in [0.25, 0.3) is 0 Å². The summed E-state index contributed by atoms with van der Waals surface area (Å²) in [5.41, 5.74) is 7.10. The topological polar surface area (TPSA) is 51.3 Å². The zero-order valence-corrected chi connectivity index (χ0v) is 12.1. The van der Waals surface area contributed by atoms with Crippen molar-refractivity contribution in [3.05, 3.63) is 40.3 Å². The first-order valence-corrected chi connectivity index (χ1v) is 7.23. The van der Waals surface area contributed by atoms with E-state index in [1.54, 1.807) is 22.3 Å². The van der Waals surface area contributed by atoms with E-state index in [2.05, 4.69) is 6.92 Å². The molecule has 0 saturated carbocycles. The van der Waals surface area contributed by atoms with Crippen LogP contribution in [-0.2, 0) is 13.1 Å². The Bertz CT molecular complexity index is 545. The van der Waals surface area contributed by atoms with Gasteiger partial charge in [0.05, 0.1) is 12.2 Å². The van der Waals surface area contributed by atoms with Gasteiger partial charge in [-0.15, -0.1) is 11.3 Å². The fourth-order valence-corrected chi connectivity index (χ4v) is 2.80. The van der Waals surface area contributed by atoms with Gasteiger partial charge >= 0.3 is 0 Å². The monoisotopic (exact) mass is 277 g/mol. The molecule has 19 heavy (non-hydrogen) atoms. The summed E-state index contributed by atoms with van der Waals surface area (Å²) in [6, 6.07) is 5.78. The lowest BCUT2D eigenvalue weighted by Crippen LogP contribution is -2.27. The number of aryl methyl sites for hydroxylation is 1. The van der Waals surface area contributed by atoms with Crippen LogP contribution in [0.4, 0.5) is 5.69 Å². The van der Waals surface area contributed by atoms with Gasteiger partial charge < -0.3 is 15.2 Å². The standard InChI is InChI=1S/C14H19N3OS/c1-3-6-17-9-11(15)8-13(17)14(18)16(2)10-12-5-4-7-19-12/h4-5,7-9H,3,6,10,15H2,1-2H3. The third-order valence-electron chi connectivity index (χ3n) is 2.92. The first kappa shape index (κ1) is 13.7. The molecule has 0 aromatic carbocycles. The summed E-state index contributed by atoms with van der Waals surface area (Å²) in [5, 5.41) is 2.02. The summed E-state index contributed by atoms with van der Waals surface area (Å²) in [4.78, 5) is 15.3. The van der Waals surface area contributed by atoms with E-state index in [-0.39, 0.29) is 5.91 Å². The van der Waals surface area contributed by atoms with Crippen LogP contribution in [0.3, 0.4) is 0 Å². The lowest BCUT2D eigenvalue weighted by atomic mass is 10.3. The summed E-state index contributed by atoms with van der Waals surface area (Å²) >= 11 is 1.66. The first-order chi connectivity index (χ1) is 9.11. The molecule has 2 N–H and O–H groups in total. The fourth-order valence-electron chi connectivity index (χ4n) is 2.04. The van der Waals surface area contributed by atoms with E-state index in [0.29, 0.717) is 17.9 Å². The van der Waals surface area contributed by atoms with Gasteiger partial charge in [-0.2, -0.15) is 0 Å². The van der Waals surface area contributed by atoms with Crippen molar-refractivity contribution in [3.8, 4) is 0 Å². The number of aromatic nitrogens is 1. The van der Waals surface area contributed by atoms with Crippen molar-refractivity contribution in [1.82, 2.24) is 9.47 Å². The van der Waals surface area contributed by atoms with Gasteiger partial charge in [0.1, 0.15) is 5.69 Å². The lowest BCUT2D eigenvalue weighted by molar-refractivity contribution is 0.0775. The highest BCUT2D eigenvalue weighted by Crippen LogP contribution is 2.16. The minimum Gasteiger partial charge on any atom is -0.397 e. The highest BCUT2D eigenvalue weighted by molar-refractivity contribution is 7.09. The number of amides is 1. The maximum atomic E-state index is 12.4. The van der Waals surface area contributed by atoms with Crippen molar-refractivity contribution < 1.29 is 4.79 Å². The number of rotatable bonds is 5. The van der Waals surface area contributed by atoms with Gasteiger partial charge in [-0.1, -0.05) is 13.0 Å². The number of hydrogen-bond donors (Lipinski definition) is 1. The Hall–Kier alpha value is -1.75. The molecule has 1 amide bonds. The Kier molecular flexibility index (Phi) is 4.27. The minimum absolute atomic E-state index is 0.0125. The van der Waals surface area contributed by atoms with Gasteiger partial charge in [0.25, 0.3) is 5.91 Å². The zero-order valence-electron chi connectivity index (χ0n) is 11.3. The van der Waals surface area contributed by atoms with Gasteiger partial charge in [0, 0.05) is 24.7 Å². The Morgan fingerprint density at radius 3 is 2.95 bits per heavy atom. The largest absolute Gasteiger partial charge is 0.397 e. The Morgan fingerprint density at radius 2 is 2.32 bits per heavy atom. The van der Waals surface area contributed by atoms with E-state index >= 15 is 0 Å². The molecule has 0 aliphatic rings. The molecule has 2 aromatic rings. The number of nitrogen functional groups attached to an aromatic ring is 1. The van der Waals surface area contributed by atoms with Crippen LogP contribution in [-0.4, -0.2) is 22.4 Å². The molecule has 0 saturated heterocycles. The molecular formula is C14H19N3OS. The average molecular weight is 277 g/mol. The van der Waals surface area contributed by atoms with Crippen LogP contribution in [0.15, 0.2) is 29.8 Å². The second kappa shape index (κ2) is 5.93. The van der Waals surface area contributed by atoms with Gasteiger partial charge in [-0.05, 0) is 23.9 Å². The van der Waals surface area contributed by atoms with E-state index in [9.17, 15) is 4.79 Å². The van der Waals surface area contributed by atoms with E-state index in [4.69, 9.17) is 5.73 Å².